The van der Waals surface area contributed by atoms with E-state index in [1.807, 2.05) is 0 Å². The van der Waals surface area contributed by atoms with Gasteiger partial charge in [0.05, 0.1) is 15.7 Å². The smallest absolute Gasteiger partial charge is 0.461 e. The minimum absolute atomic E-state index is 0.134. The number of hydrogen-bond acceptors (Lipinski definition) is 4. The Kier molecular flexibility index (Phi) is 5.48. The van der Waals surface area contributed by atoms with Crippen LogP contribution in [0.25, 0.3) is 0 Å². The minimum atomic E-state index is -5.05. The molecule has 0 radical (unpaired) electrons. The Morgan fingerprint density at radius 2 is 2.05 bits per heavy atom. The van der Waals surface area contributed by atoms with Crippen LogP contribution in [0.15, 0.2) is 6.07 Å². The highest BCUT2D eigenvalue weighted by Gasteiger charge is 2.34. The summed E-state index contributed by atoms with van der Waals surface area (Å²) < 4.78 is 69.7. The van der Waals surface area contributed by atoms with Crippen LogP contribution in [0.4, 0.5) is 22.0 Å². The highest BCUT2D eigenvalue weighted by Crippen LogP contribution is 2.31. The van der Waals surface area contributed by atoms with Gasteiger partial charge < -0.3 is 9.47 Å². The maximum atomic E-state index is 12.8. The minimum Gasteiger partial charge on any atom is -0.461 e. The van der Waals surface area contributed by atoms with Gasteiger partial charge in [0.2, 0.25) is 5.88 Å². The van der Waals surface area contributed by atoms with E-state index in [2.05, 4.69) is 14.5 Å². The number of pyridine rings is 1. The third-order valence-electron chi connectivity index (χ3n) is 1.89. The van der Waals surface area contributed by atoms with E-state index in [4.69, 9.17) is 0 Å². The summed E-state index contributed by atoms with van der Waals surface area (Å²) in [7, 11) is 0. The molecular weight excluding hydrogens is 404 g/mol. The van der Waals surface area contributed by atoms with E-state index in [1.165, 1.54) is 29.5 Å². The normalized spacial score (nSPS) is 11.6. The van der Waals surface area contributed by atoms with E-state index in [0.29, 0.717) is 6.07 Å². The number of nitrogens with zero attached hydrogens (tertiary/aromatic N) is 1. The fourth-order valence-electron chi connectivity index (χ4n) is 1.20. The number of aromatic nitrogens is 1. The molecule has 0 aromatic carbocycles. The number of esters is 1. The topological polar surface area (TPSA) is 48.4 Å². The van der Waals surface area contributed by atoms with Gasteiger partial charge in [-0.25, -0.2) is 18.6 Å². The van der Waals surface area contributed by atoms with E-state index in [-0.39, 0.29) is 10.2 Å². The molecular formula is C10H7F5INO3. The second-order valence-corrected chi connectivity index (χ2v) is 4.44. The second-order valence-electron chi connectivity index (χ2n) is 3.28. The first kappa shape index (κ1) is 16.9. The lowest BCUT2D eigenvalue weighted by Gasteiger charge is -2.13. The summed E-state index contributed by atoms with van der Waals surface area (Å²) in [6.45, 7) is 1.28. The third kappa shape index (κ3) is 4.42. The van der Waals surface area contributed by atoms with Gasteiger partial charge in [0.25, 0.3) is 6.43 Å². The van der Waals surface area contributed by atoms with Crippen molar-refractivity contribution in [3.63, 3.8) is 0 Å². The Labute approximate surface area is 123 Å². The van der Waals surface area contributed by atoms with Crippen LogP contribution in [0.3, 0.4) is 0 Å². The lowest BCUT2D eigenvalue weighted by molar-refractivity contribution is -0.276. The van der Waals surface area contributed by atoms with Crippen LogP contribution in [0, 0.1) is 3.57 Å². The molecule has 0 amide bonds. The standard InChI is InChI=1S/C10H7F5INO3/c1-2-19-9(18)6-4(7(11)12)3-5(16)8(17-6)20-10(13,14)15/h3,7H,2H2,1H3. The first-order valence-electron chi connectivity index (χ1n) is 5.07. The van der Waals surface area contributed by atoms with Gasteiger partial charge in [-0.1, -0.05) is 0 Å². The summed E-state index contributed by atoms with van der Waals surface area (Å²) in [4.78, 5) is 14.6. The number of halogens is 6. The van der Waals surface area contributed by atoms with Crippen molar-refractivity contribution in [3.05, 3.63) is 20.9 Å². The van der Waals surface area contributed by atoms with Crippen molar-refractivity contribution < 1.29 is 36.2 Å². The van der Waals surface area contributed by atoms with Crippen molar-refractivity contribution in [1.29, 1.82) is 0 Å². The molecule has 112 valence electrons. The molecule has 1 aromatic heterocycles. The highest BCUT2D eigenvalue weighted by atomic mass is 127. The molecule has 0 fully saturated rings. The zero-order valence-corrected chi connectivity index (χ0v) is 12.0. The maximum absolute atomic E-state index is 12.8. The average molecular weight is 411 g/mol. The zero-order valence-electron chi connectivity index (χ0n) is 9.80. The molecule has 1 aromatic rings. The summed E-state index contributed by atoms with van der Waals surface area (Å²) in [6.07, 6.45) is -8.14. The summed E-state index contributed by atoms with van der Waals surface area (Å²) >= 11 is 1.35. The molecule has 0 bridgehead atoms. The molecule has 0 spiro atoms. The lowest BCUT2D eigenvalue weighted by Crippen LogP contribution is -2.20. The van der Waals surface area contributed by atoms with E-state index >= 15 is 0 Å². The Hall–Kier alpha value is -1.20. The summed E-state index contributed by atoms with van der Waals surface area (Å²) in [5, 5.41) is 0. The largest absolute Gasteiger partial charge is 0.574 e. The molecule has 0 N–H and O–H groups in total. The van der Waals surface area contributed by atoms with Gasteiger partial charge in [-0.2, -0.15) is 0 Å². The third-order valence-corrected chi connectivity index (χ3v) is 2.66. The van der Waals surface area contributed by atoms with Gasteiger partial charge in [-0.3, -0.25) is 0 Å². The SMILES string of the molecule is CCOC(=O)c1nc(OC(F)(F)F)c(I)cc1C(F)F. The van der Waals surface area contributed by atoms with Crippen LogP contribution in [0.5, 0.6) is 5.88 Å². The molecule has 1 heterocycles. The van der Waals surface area contributed by atoms with Gasteiger partial charge in [0.15, 0.2) is 5.69 Å². The molecule has 0 atom stereocenters. The Balaban J connectivity index is 3.30. The molecule has 0 aliphatic heterocycles. The van der Waals surface area contributed by atoms with E-state index in [9.17, 15) is 26.7 Å². The summed E-state index contributed by atoms with van der Waals surface area (Å²) in [5.41, 5.74) is -1.72. The molecule has 20 heavy (non-hydrogen) atoms. The zero-order chi connectivity index (χ0) is 15.5. The first-order valence-corrected chi connectivity index (χ1v) is 6.15. The van der Waals surface area contributed by atoms with Crippen LogP contribution >= 0.6 is 22.6 Å². The molecule has 4 nitrogen and oxygen atoms in total. The Bertz CT molecular complexity index is 506. The van der Waals surface area contributed by atoms with Crippen LogP contribution in [0.1, 0.15) is 29.4 Å². The molecule has 0 unspecified atom stereocenters. The predicted molar refractivity (Wildman–Crippen MR) is 64.6 cm³/mol. The Morgan fingerprint density at radius 3 is 2.50 bits per heavy atom. The first-order chi connectivity index (χ1) is 9.15. The fourth-order valence-corrected chi connectivity index (χ4v) is 1.76. The van der Waals surface area contributed by atoms with Gasteiger partial charge in [-0.05, 0) is 35.6 Å². The van der Waals surface area contributed by atoms with Crippen LogP contribution in [-0.2, 0) is 4.74 Å². The molecule has 10 heteroatoms. The lowest BCUT2D eigenvalue weighted by atomic mass is 10.2. The predicted octanol–water partition coefficient (Wildman–Crippen LogP) is 3.70. The van der Waals surface area contributed by atoms with Crippen molar-refractivity contribution in [2.75, 3.05) is 6.61 Å². The molecule has 0 aliphatic carbocycles. The quantitative estimate of drug-likeness (QED) is 0.431. The Morgan fingerprint density at radius 1 is 1.45 bits per heavy atom. The van der Waals surface area contributed by atoms with Crippen LogP contribution < -0.4 is 4.74 Å². The van der Waals surface area contributed by atoms with Crippen LogP contribution in [-0.4, -0.2) is 23.9 Å². The van der Waals surface area contributed by atoms with Gasteiger partial charge in [0.1, 0.15) is 0 Å². The van der Waals surface area contributed by atoms with E-state index < -0.39 is 35.9 Å². The second kappa shape index (κ2) is 6.50. The maximum Gasteiger partial charge on any atom is 0.574 e. The molecule has 1 rings (SSSR count). The number of hydrogen-bond donors (Lipinski definition) is 0. The number of carbonyl (C=O) groups is 1. The van der Waals surface area contributed by atoms with Crippen molar-refractivity contribution in [3.8, 4) is 5.88 Å². The van der Waals surface area contributed by atoms with Crippen molar-refractivity contribution >= 4 is 28.6 Å². The van der Waals surface area contributed by atoms with E-state index in [1.54, 1.807) is 0 Å². The molecule has 0 saturated carbocycles. The van der Waals surface area contributed by atoms with Gasteiger partial charge >= 0.3 is 12.3 Å². The van der Waals surface area contributed by atoms with Crippen molar-refractivity contribution in [1.82, 2.24) is 4.98 Å². The van der Waals surface area contributed by atoms with Gasteiger partial charge in [-0.15, -0.1) is 13.2 Å². The monoisotopic (exact) mass is 411 g/mol. The fraction of sp³-hybridized carbons (Fsp3) is 0.400. The number of carbonyl (C=O) groups excluding carboxylic acids is 1. The van der Waals surface area contributed by atoms with Crippen molar-refractivity contribution in [2.45, 2.75) is 19.7 Å². The highest BCUT2D eigenvalue weighted by molar-refractivity contribution is 14.1. The van der Waals surface area contributed by atoms with E-state index in [0.717, 1.165) is 0 Å². The van der Waals surface area contributed by atoms with Crippen molar-refractivity contribution in [2.24, 2.45) is 0 Å². The number of ether oxygens (including phenoxy) is 2. The summed E-state index contributed by atoms with van der Waals surface area (Å²) in [5.74, 6) is -2.23. The number of rotatable bonds is 4. The molecule has 0 aliphatic rings. The molecule has 0 saturated heterocycles. The summed E-state index contributed by atoms with van der Waals surface area (Å²) in [6, 6.07) is 0.700. The van der Waals surface area contributed by atoms with Crippen LogP contribution in [0.2, 0.25) is 0 Å². The number of alkyl halides is 5. The van der Waals surface area contributed by atoms with Gasteiger partial charge in [0, 0.05) is 0 Å². The average Bonchev–Trinajstić information content (AvgIpc) is 2.29.